The number of halogens is 3. The minimum atomic E-state index is -4.66. The molecular formula is C51H57F3N8O8S. The molecule has 5 aromatic rings. The van der Waals surface area contributed by atoms with Crippen LogP contribution in [0.1, 0.15) is 98.7 Å². The van der Waals surface area contributed by atoms with Crippen molar-refractivity contribution in [2.75, 3.05) is 54.5 Å². The molecule has 2 aliphatic carbocycles. The first-order valence-corrected chi connectivity index (χ1v) is 26.1. The maximum Gasteiger partial charge on any atom is 0.416 e. The van der Waals surface area contributed by atoms with Crippen LogP contribution in [0.2, 0.25) is 0 Å². The Morgan fingerprint density at radius 2 is 1.75 bits per heavy atom. The summed E-state index contributed by atoms with van der Waals surface area (Å²) in [5, 5.41) is 26.6. The van der Waals surface area contributed by atoms with Crippen LogP contribution in [0, 0.1) is 21.4 Å². The fourth-order valence-electron chi connectivity index (χ4n) is 12.2. The molecule has 16 nitrogen and oxygen atoms in total. The van der Waals surface area contributed by atoms with E-state index in [-0.39, 0.29) is 47.9 Å². The van der Waals surface area contributed by atoms with E-state index >= 15 is 0 Å². The second-order valence-corrected chi connectivity index (χ2v) is 22.5. The van der Waals surface area contributed by atoms with Crippen molar-refractivity contribution in [1.82, 2.24) is 19.6 Å². The molecule has 2 saturated carbocycles. The maximum absolute atomic E-state index is 14.6. The number of nitro groups is 1. The van der Waals surface area contributed by atoms with Gasteiger partial charge in [-0.05, 0) is 143 Å². The standard InChI is InChI=1S/C51H57F3N8O8S/c1-49(64)15-12-31(13-16-49)28-56-39-11-9-35(25-42(39)62(65)66)71(67,68)58-47(63)37-10-8-33(24-41(37)61-43-23-32-14-19-55-46(32)57-48(43)70-45-30-69-29-44(45)61)59-21-17-50(18-22-59)26-34(27-50)60-20-4-7-40(60)36-5-2-3-6-38(36)51(52,53)54/h2-3,5-6,8-11,14,19,23-25,31,34,40,44-45,56,64H,4,7,12-13,15-18,20-22,26-30H2,1H3,(H,55,57)(H,58,63)/t31?,40-,44-,45-,49?/m0/s1. The van der Waals surface area contributed by atoms with Gasteiger partial charge in [-0.1, -0.05) is 18.2 Å². The van der Waals surface area contributed by atoms with Crippen LogP contribution in [0.25, 0.3) is 11.0 Å². The molecule has 3 aromatic carbocycles. The number of nitrogens with one attached hydrogen (secondary N) is 3. The van der Waals surface area contributed by atoms with E-state index in [2.05, 4.69) is 24.8 Å². The summed E-state index contributed by atoms with van der Waals surface area (Å²) in [5.41, 5.74) is 1.22. The number of carbonyl (C=O) groups is 1. The van der Waals surface area contributed by atoms with Crippen molar-refractivity contribution in [3.63, 3.8) is 0 Å². The van der Waals surface area contributed by atoms with Gasteiger partial charge in [-0.25, -0.2) is 13.1 Å². The van der Waals surface area contributed by atoms with Crippen molar-refractivity contribution in [2.24, 2.45) is 11.3 Å². The lowest BCUT2D eigenvalue weighted by Crippen LogP contribution is -2.55. The zero-order chi connectivity index (χ0) is 49.5. The van der Waals surface area contributed by atoms with Crippen LogP contribution in [0.3, 0.4) is 0 Å². The highest BCUT2D eigenvalue weighted by molar-refractivity contribution is 7.90. The molecule has 5 fully saturated rings. The van der Waals surface area contributed by atoms with Gasteiger partial charge in [0.25, 0.3) is 21.6 Å². The van der Waals surface area contributed by atoms with E-state index in [4.69, 9.17) is 14.5 Å². The fraction of sp³-hybridized carbons (Fsp3) is 0.490. The number of pyridine rings is 1. The van der Waals surface area contributed by atoms with Crippen molar-refractivity contribution in [3.05, 3.63) is 106 Å². The molecule has 376 valence electrons. The molecule has 71 heavy (non-hydrogen) atoms. The number of ether oxygens (including phenoxy) is 2. The number of amides is 1. The summed E-state index contributed by atoms with van der Waals surface area (Å²) in [5.74, 6) is -0.458. The summed E-state index contributed by atoms with van der Waals surface area (Å²) in [6.45, 7) is 4.87. The molecule has 2 aromatic heterocycles. The second kappa shape index (κ2) is 18.0. The minimum Gasteiger partial charge on any atom is -0.468 e. The van der Waals surface area contributed by atoms with Crippen molar-refractivity contribution in [3.8, 4) is 5.88 Å². The van der Waals surface area contributed by atoms with Gasteiger partial charge in [0.15, 0.2) is 0 Å². The topological polar surface area (TPSA) is 195 Å². The Balaban J connectivity index is 0.854. The number of piperidine rings is 1. The Morgan fingerprint density at radius 3 is 2.51 bits per heavy atom. The number of aliphatic hydroxyl groups is 1. The molecule has 6 aliphatic rings. The molecule has 1 amide bonds. The number of carbonyl (C=O) groups excluding carboxylic acids is 1. The number of anilines is 4. The zero-order valence-electron chi connectivity index (χ0n) is 39.3. The molecule has 0 unspecified atom stereocenters. The fourth-order valence-corrected chi connectivity index (χ4v) is 13.2. The van der Waals surface area contributed by atoms with Gasteiger partial charge < -0.3 is 34.7 Å². The number of likely N-dealkylation sites (tertiary alicyclic amines) is 1. The zero-order valence-corrected chi connectivity index (χ0v) is 40.1. The van der Waals surface area contributed by atoms with Gasteiger partial charge in [0, 0.05) is 55.1 Å². The molecular weight excluding hydrogens is 942 g/mol. The van der Waals surface area contributed by atoms with Gasteiger partial charge >= 0.3 is 6.18 Å². The molecule has 4 N–H and O–H groups in total. The van der Waals surface area contributed by atoms with Crippen molar-refractivity contribution in [2.45, 2.75) is 112 Å². The first-order valence-electron chi connectivity index (χ1n) is 24.6. The highest BCUT2D eigenvalue weighted by Gasteiger charge is 2.51. The van der Waals surface area contributed by atoms with Gasteiger partial charge in [0.2, 0.25) is 5.88 Å². The molecule has 20 heteroatoms. The van der Waals surface area contributed by atoms with E-state index in [1.54, 1.807) is 37.4 Å². The van der Waals surface area contributed by atoms with Crippen LogP contribution in [0.15, 0.2) is 83.9 Å². The Kier molecular flexibility index (Phi) is 12.0. The molecule has 1 spiro atoms. The molecule has 4 aliphatic heterocycles. The van der Waals surface area contributed by atoms with Gasteiger partial charge in [-0.2, -0.15) is 18.2 Å². The predicted molar refractivity (Wildman–Crippen MR) is 260 cm³/mol. The van der Waals surface area contributed by atoms with Gasteiger partial charge in [-0.15, -0.1) is 0 Å². The SMILES string of the molecule is CC1(O)CCC(CNc2ccc(S(=O)(=O)NC(=O)c3ccc(N4CCC5(CC4)CC(N4CCC[C@H]4c4ccccc4C(F)(F)F)C5)cc3N3c4cc5cc[nH]c5nc4O[C@H]4COC[C@@H]43)cc2[N+](=O)[O-])CC1. The highest BCUT2D eigenvalue weighted by Crippen LogP contribution is 2.55. The van der Waals surface area contributed by atoms with Crippen LogP contribution >= 0.6 is 0 Å². The summed E-state index contributed by atoms with van der Waals surface area (Å²) in [6.07, 6.45) is 4.69. The van der Waals surface area contributed by atoms with Crippen LogP contribution in [-0.2, 0) is 20.9 Å². The number of hydrogen-bond acceptors (Lipinski definition) is 13. The van der Waals surface area contributed by atoms with Crippen LogP contribution < -0.4 is 24.6 Å². The Hall–Kier alpha value is -5.96. The van der Waals surface area contributed by atoms with Gasteiger partial charge in [0.05, 0.1) is 51.5 Å². The summed E-state index contributed by atoms with van der Waals surface area (Å²) >= 11 is 0. The number of benzene rings is 3. The number of hydrogen-bond donors (Lipinski definition) is 4. The molecule has 0 bridgehead atoms. The van der Waals surface area contributed by atoms with Crippen LogP contribution in [0.5, 0.6) is 5.88 Å². The summed E-state index contributed by atoms with van der Waals surface area (Å²) in [7, 11) is -4.66. The number of fused-ring (bicyclic) bond motifs is 3. The van der Waals surface area contributed by atoms with E-state index in [1.165, 1.54) is 24.3 Å². The Morgan fingerprint density at radius 1 is 0.972 bits per heavy atom. The lowest BCUT2D eigenvalue weighted by molar-refractivity contribution is -0.384. The average molecular weight is 999 g/mol. The monoisotopic (exact) mass is 998 g/mol. The van der Waals surface area contributed by atoms with E-state index < -0.39 is 60.9 Å². The first kappa shape index (κ1) is 47.4. The van der Waals surface area contributed by atoms with E-state index in [1.807, 2.05) is 23.1 Å². The van der Waals surface area contributed by atoms with Crippen LogP contribution in [-0.4, -0.2) is 102 Å². The molecule has 11 rings (SSSR count). The van der Waals surface area contributed by atoms with Gasteiger partial charge in [-0.3, -0.25) is 19.8 Å². The second-order valence-electron chi connectivity index (χ2n) is 20.8. The van der Waals surface area contributed by atoms with E-state index in [9.17, 15) is 41.6 Å². The summed E-state index contributed by atoms with van der Waals surface area (Å²) < 4.78 is 85.0. The molecule has 6 heterocycles. The first-order chi connectivity index (χ1) is 33.9. The smallest absolute Gasteiger partial charge is 0.416 e. The lowest BCUT2D eigenvalue weighted by atomic mass is 9.59. The number of nitrogens with zero attached hydrogens (tertiary/aromatic N) is 5. The molecule has 3 saturated heterocycles. The Labute approximate surface area is 409 Å². The number of rotatable bonds is 11. The third-order valence-corrected chi connectivity index (χ3v) is 17.5. The minimum absolute atomic E-state index is 0.0341. The number of sulfonamides is 1. The largest absolute Gasteiger partial charge is 0.468 e. The van der Waals surface area contributed by atoms with Crippen molar-refractivity contribution >= 4 is 55.4 Å². The maximum atomic E-state index is 14.6. The normalized spacial score (nSPS) is 25.6. The van der Waals surface area contributed by atoms with Gasteiger partial charge in [0.1, 0.15) is 23.1 Å². The molecule has 0 radical (unpaired) electrons. The average Bonchev–Trinajstić information content (AvgIpc) is 4.13. The third-order valence-electron chi connectivity index (χ3n) is 16.2. The third kappa shape index (κ3) is 9.05. The van der Waals surface area contributed by atoms with E-state index in [0.29, 0.717) is 67.4 Å². The van der Waals surface area contributed by atoms with Crippen molar-refractivity contribution < 1.29 is 45.9 Å². The summed E-state index contributed by atoms with van der Waals surface area (Å²) in [6, 6.07) is 18.1. The van der Waals surface area contributed by atoms with Crippen LogP contribution in [0.4, 0.5) is 41.6 Å². The number of H-pyrrole nitrogens is 1. The number of aromatic amines is 1. The van der Waals surface area contributed by atoms with E-state index in [0.717, 1.165) is 68.6 Å². The number of aromatic nitrogens is 2. The Bertz CT molecular complexity index is 2980. The number of alkyl halides is 3. The molecule has 3 atom stereocenters. The quantitative estimate of drug-likeness (QED) is 0.0725. The summed E-state index contributed by atoms with van der Waals surface area (Å²) in [4.78, 5) is 40.2. The van der Waals surface area contributed by atoms with Crippen molar-refractivity contribution in [1.29, 1.82) is 0 Å². The number of nitro benzene ring substituents is 1. The highest BCUT2D eigenvalue weighted by atomic mass is 32.2. The lowest BCUT2D eigenvalue weighted by Gasteiger charge is -2.56. The predicted octanol–water partition coefficient (Wildman–Crippen LogP) is 8.85.